The number of hydroxylamine groups is 1. The first-order valence-electron chi connectivity index (χ1n) is 7.41. The highest BCUT2D eigenvalue weighted by atomic mass is 32.1. The van der Waals surface area contributed by atoms with E-state index >= 15 is 0 Å². The van der Waals surface area contributed by atoms with Crippen LogP contribution in [-0.2, 0) is 4.79 Å². The lowest BCUT2D eigenvalue weighted by Crippen LogP contribution is -2.23. The Hall–Kier alpha value is -3.30. The number of nitrogens with one attached hydrogen (secondary N) is 2. The molecule has 134 valence electrons. The lowest BCUT2D eigenvalue weighted by Gasteiger charge is -2.03. The minimum absolute atomic E-state index is 0.0634. The highest BCUT2D eigenvalue weighted by molar-refractivity contribution is 7.16. The third-order valence-corrected chi connectivity index (χ3v) is 4.14. The molecule has 9 heteroatoms. The molecule has 0 bridgehead atoms. The second kappa shape index (κ2) is 9.25. The summed E-state index contributed by atoms with van der Waals surface area (Å²) < 4.78 is 0. The smallest absolute Gasteiger partial charge is 0.324 e. The fraction of sp³-hybridized carbons (Fsp3) is 0.0588. The van der Waals surface area contributed by atoms with Crippen molar-refractivity contribution in [2.45, 2.75) is 0 Å². The van der Waals surface area contributed by atoms with E-state index < -0.39 is 10.8 Å². The molecule has 0 aliphatic carbocycles. The molecule has 0 radical (unpaired) electrons. The van der Waals surface area contributed by atoms with Gasteiger partial charge < -0.3 is 5.32 Å². The molecule has 1 aromatic carbocycles. The lowest BCUT2D eigenvalue weighted by molar-refractivity contribution is -0.380. The Kier molecular flexibility index (Phi) is 6.77. The molecule has 0 saturated heterocycles. The molecule has 26 heavy (non-hydrogen) atoms. The predicted molar refractivity (Wildman–Crippen MR) is 97.7 cm³/mol. The van der Waals surface area contributed by atoms with E-state index in [0.29, 0.717) is 11.1 Å². The van der Waals surface area contributed by atoms with E-state index in [2.05, 4.69) is 5.32 Å². The summed E-state index contributed by atoms with van der Waals surface area (Å²) in [6.45, 7) is 0.261. The largest absolute Gasteiger partial charge is 0.349 e. The minimum Gasteiger partial charge on any atom is -0.349 e. The van der Waals surface area contributed by atoms with Crippen molar-refractivity contribution >= 4 is 40.3 Å². The first-order chi connectivity index (χ1) is 12.5. The molecule has 1 heterocycles. The monoisotopic (exact) mass is 373 g/mol. The van der Waals surface area contributed by atoms with E-state index in [9.17, 15) is 19.7 Å². The summed E-state index contributed by atoms with van der Waals surface area (Å²) in [6, 6.07) is 9.68. The van der Waals surface area contributed by atoms with Crippen molar-refractivity contribution < 1.29 is 19.7 Å². The van der Waals surface area contributed by atoms with Crippen LogP contribution in [0.4, 0.5) is 5.00 Å². The minimum atomic E-state index is -0.668. The number of nitro groups is 1. The Bertz CT molecular complexity index is 873. The molecule has 3 N–H and O–H groups in total. The first kappa shape index (κ1) is 19.0. The number of benzene rings is 1. The number of amides is 2. The number of hydrogen-bond acceptors (Lipinski definition) is 6. The summed E-state index contributed by atoms with van der Waals surface area (Å²) in [5.74, 6) is -0.965. The van der Waals surface area contributed by atoms with Crippen LogP contribution in [0.25, 0.3) is 12.2 Å². The van der Waals surface area contributed by atoms with Gasteiger partial charge in [-0.2, -0.15) is 0 Å². The van der Waals surface area contributed by atoms with Crippen LogP contribution in [-0.4, -0.2) is 28.5 Å². The van der Waals surface area contributed by atoms with Gasteiger partial charge in [-0.05, 0) is 35.9 Å². The number of thiophene rings is 1. The van der Waals surface area contributed by atoms with Crippen molar-refractivity contribution in [3.8, 4) is 0 Å². The summed E-state index contributed by atoms with van der Waals surface area (Å²) in [5, 5.41) is 21.8. The molecule has 0 unspecified atom stereocenters. The second-order valence-electron chi connectivity index (χ2n) is 4.98. The molecular formula is C17H15N3O5S. The first-order valence-corrected chi connectivity index (χ1v) is 8.22. The number of hydrogen-bond donors (Lipinski definition) is 3. The summed E-state index contributed by atoms with van der Waals surface area (Å²) >= 11 is 1.05. The van der Waals surface area contributed by atoms with Gasteiger partial charge in [0.05, 0.1) is 4.92 Å². The zero-order chi connectivity index (χ0) is 18.9. The zero-order valence-electron chi connectivity index (χ0n) is 13.4. The fourth-order valence-electron chi connectivity index (χ4n) is 1.95. The van der Waals surface area contributed by atoms with Gasteiger partial charge in [0.25, 0.3) is 11.8 Å². The Labute approximate surface area is 152 Å². The third-order valence-electron chi connectivity index (χ3n) is 3.14. The topological polar surface area (TPSA) is 122 Å². The predicted octanol–water partition coefficient (Wildman–Crippen LogP) is 2.62. The Morgan fingerprint density at radius 3 is 2.73 bits per heavy atom. The van der Waals surface area contributed by atoms with Crippen LogP contribution in [0.1, 0.15) is 20.8 Å². The van der Waals surface area contributed by atoms with Gasteiger partial charge in [-0.25, -0.2) is 5.48 Å². The van der Waals surface area contributed by atoms with E-state index in [1.165, 1.54) is 17.6 Å². The van der Waals surface area contributed by atoms with Crippen LogP contribution in [0.5, 0.6) is 0 Å². The molecule has 0 saturated carbocycles. The van der Waals surface area contributed by atoms with Crippen LogP contribution in [0, 0.1) is 10.1 Å². The highest BCUT2D eigenvalue weighted by Crippen LogP contribution is 2.24. The summed E-state index contributed by atoms with van der Waals surface area (Å²) in [5.41, 5.74) is 2.52. The maximum absolute atomic E-state index is 12.1. The van der Waals surface area contributed by atoms with Crippen LogP contribution in [0.2, 0.25) is 0 Å². The van der Waals surface area contributed by atoms with Gasteiger partial charge in [-0.3, -0.25) is 24.9 Å². The molecule has 0 fully saturated rings. The van der Waals surface area contributed by atoms with Gasteiger partial charge in [-0.1, -0.05) is 29.5 Å². The summed E-state index contributed by atoms with van der Waals surface area (Å²) in [7, 11) is 0. The lowest BCUT2D eigenvalue weighted by atomic mass is 10.1. The number of carbonyl (C=O) groups excluding carboxylic acids is 2. The van der Waals surface area contributed by atoms with Crippen molar-refractivity contribution in [1.82, 2.24) is 10.8 Å². The van der Waals surface area contributed by atoms with Gasteiger partial charge >= 0.3 is 5.00 Å². The second-order valence-corrected chi connectivity index (χ2v) is 6.07. The molecule has 2 rings (SSSR count). The molecular weight excluding hydrogens is 358 g/mol. The molecule has 8 nitrogen and oxygen atoms in total. The van der Waals surface area contributed by atoms with E-state index in [4.69, 9.17) is 5.21 Å². The quantitative estimate of drug-likeness (QED) is 0.298. The van der Waals surface area contributed by atoms with Crippen LogP contribution >= 0.6 is 11.3 Å². The van der Waals surface area contributed by atoms with Crippen LogP contribution in [0.3, 0.4) is 0 Å². The molecule has 0 aliphatic rings. The number of rotatable bonds is 7. The Balaban J connectivity index is 1.91. The van der Waals surface area contributed by atoms with Crippen molar-refractivity contribution in [2.75, 3.05) is 6.54 Å². The molecule has 1 aromatic heterocycles. The summed E-state index contributed by atoms with van der Waals surface area (Å²) in [4.78, 5) is 34.0. The molecule has 0 atom stereocenters. The van der Waals surface area contributed by atoms with Gasteiger partial charge in [0.1, 0.15) is 0 Å². The van der Waals surface area contributed by atoms with Gasteiger partial charge in [-0.15, -0.1) is 0 Å². The van der Waals surface area contributed by atoms with Gasteiger partial charge in [0.2, 0.25) is 0 Å². The number of nitrogens with zero attached hydrogens (tertiary/aromatic N) is 1. The van der Waals surface area contributed by atoms with Gasteiger partial charge in [0, 0.05) is 29.1 Å². The summed E-state index contributed by atoms with van der Waals surface area (Å²) in [6.07, 6.45) is 6.00. The van der Waals surface area contributed by atoms with E-state index in [1.54, 1.807) is 42.5 Å². The Morgan fingerprint density at radius 2 is 2.04 bits per heavy atom. The van der Waals surface area contributed by atoms with Crippen molar-refractivity contribution in [2.24, 2.45) is 0 Å². The maximum atomic E-state index is 12.1. The normalized spacial score (nSPS) is 11.0. The standard InChI is InChI=1S/C17H15N3O5S/c21-15(19-23)8-6-12-3-1-4-13(11-12)17(22)18-10-2-5-14-7-9-16(26-14)20(24)25/h1-9,11,23H,10H2,(H,18,22)(H,19,21). The molecule has 0 spiro atoms. The number of carbonyl (C=O) groups is 2. The van der Waals surface area contributed by atoms with Crippen LogP contribution < -0.4 is 10.8 Å². The third kappa shape index (κ3) is 5.65. The van der Waals surface area contributed by atoms with Crippen molar-refractivity contribution in [3.63, 3.8) is 0 Å². The fourth-order valence-corrected chi connectivity index (χ4v) is 2.70. The average molecular weight is 373 g/mol. The molecule has 0 aliphatic heterocycles. The van der Waals surface area contributed by atoms with Crippen LogP contribution in [0.15, 0.2) is 48.6 Å². The van der Waals surface area contributed by atoms with E-state index in [1.807, 2.05) is 0 Å². The molecule has 2 aromatic rings. The van der Waals surface area contributed by atoms with Gasteiger partial charge in [0.15, 0.2) is 0 Å². The van der Waals surface area contributed by atoms with Crippen molar-refractivity contribution in [1.29, 1.82) is 0 Å². The van der Waals surface area contributed by atoms with E-state index in [0.717, 1.165) is 22.3 Å². The maximum Gasteiger partial charge on any atom is 0.324 e. The zero-order valence-corrected chi connectivity index (χ0v) is 14.2. The SMILES string of the molecule is O=C(C=Cc1cccc(C(=O)NCC=Cc2ccc([N+](=O)[O-])s2)c1)NO. The Morgan fingerprint density at radius 1 is 1.23 bits per heavy atom. The van der Waals surface area contributed by atoms with E-state index in [-0.39, 0.29) is 17.5 Å². The van der Waals surface area contributed by atoms with Crippen molar-refractivity contribution in [3.05, 3.63) is 74.7 Å². The highest BCUT2D eigenvalue weighted by Gasteiger charge is 2.07. The molecule has 2 amide bonds. The average Bonchev–Trinajstić information content (AvgIpc) is 3.12.